The predicted octanol–water partition coefficient (Wildman–Crippen LogP) is 1.87. The van der Waals surface area contributed by atoms with E-state index in [1.54, 1.807) is 0 Å². The minimum atomic E-state index is -0.756. The summed E-state index contributed by atoms with van der Waals surface area (Å²) in [6, 6.07) is -0.465. The number of hydrogen-bond donors (Lipinski definition) is 2. The minimum absolute atomic E-state index is 0.0525. The van der Waals surface area contributed by atoms with Crippen LogP contribution in [0.3, 0.4) is 0 Å². The van der Waals surface area contributed by atoms with Gasteiger partial charge in [0, 0.05) is 5.54 Å². The second-order valence-corrected chi connectivity index (χ2v) is 5.89. The molecule has 0 aromatic rings. The van der Waals surface area contributed by atoms with Crippen LogP contribution in [0.15, 0.2) is 0 Å². The van der Waals surface area contributed by atoms with Gasteiger partial charge in [0.15, 0.2) is 0 Å². The lowest BCUT2D eigenvalue weighted by atomic mass is 9.60. The van der Waals surface area contributed by atoms with Gasteiger partial charge in [0.1, 0.15) is 6.04 Å². The number of nitrogens with one attached hydrogen (secondary N) is 1. The van der Waals surface area contributed by atoms with E-state index in [4.69, 9.17) is 5.11 Å². The minimum Gasteiger partial charge on any atom is -0.480 e. The van der Waals surface area contributed by atoms with Crippen molar-refractivity contribution in [2.75, 3.05) is 0 Å². The van der Waals surface area contributed by atoms with Crippen molar-refractivity contribution in [1.82, 2.24) is 5.32 Å². The maximum absolute atomic E-state index is 11.1. The molecule has 0 aromatic heterocycles. The Bertz CT molecular complexity index is 266. The van der Waals surface area contributed by atoms with Gasteiger partial charge >= 0.3 is 5.97 Å². The zero-order chi connectivity index (χ0) is 11.4. The van der Waals surface area contributed by atoms with E-state index in [0.29, 0.717) is 0 Å². The number of carboxylic acids is 1. The Morgan fingerprint density at radius 3 is 1.71 bits per heavy atom. The third kappa shape index (κ3) is 1.18. The second-order valence-electron chi connectivity index (χ2n) is 5.89. The van der Waals surface area contributed by atoms with Crippen LogP contribution in [0.1, 0.15) is 41.5 Å². The number of hydrogen-bond acceptors (Lipinski definition) is 2. The Morgan fingerprint density at radius 2 is 1.57 bits per heavy atom. The average molecular weight is 199 g/mol. The molecule has 0 aliphatic carbocycles. The molecule has 14 heavy (non-hydrogen) atoms. The topological polar surface area (TPSA) is 49.3 Å². The van der Waals surface area contributed by atoms with Crippen LogP contribution in [-0.2, 0) is 4.79 Å². The maximum Gasteiger partial charge on any atom is 0.321 e. The van der Waals surface area contributed by atoms with Crippen LogP contribution in [0.25, 0.3) is 0 Å². The van der Waals surface area contributed by atoms with E-state index in [1.807, 2.05) is 13.8 Å². The van der Waals surface area contributed by atoms with Crippen molar-refractivity contribution in [3.05, 3.63) is 0 Å². The van der Waals surface area contributed by atoms with Crippen LogP contribution in [0.2, 0.25) is 0 Å². The molecular formula is C11H21NO2. The molecule has 1 rings (SSSR count). The van der Waals surface area contributed by atoms with Crippen LogP contribution < -0.4 is 5.32 Å². The summed E-state index contributed by atoms with van der Waals surface area (Å²) in [6.45, 7) is 12.4. The first-order chi connectivity index (χ1) is 6.04. The lowest BCUT2D eigenvalue weighted by molar-refractivity contribution is -0.142. The van der Waals surface area contributed by atoms with Gasteiger partial charge in [-0.15, -0.1) is 0 Å². The molecule has 0 spiro atoms. The molecule has 1 atom stereocenters. The fourth-order valence-electron chi connectivity index (χ4n) is 2.26. The molecule has 2 N–H and O–H groups in total. The molecule has 1 heterocycles. The fourth-order valence-corrected chi connectivity index (χ4v) is 2.26. The molecule has 3 heteroatoms. The first kappa shape index (κ1) is 11.5. The molecule has 0 radical (unpaired) electrons. The van der Waals surface area contributed by atoms with E-state index >= 15 is 0 Å². The molecule has 1 saturated heterocycles. The molecule has 1 aliphatic heterocycles. The zero-order valence-electron chi connectivity index (χ0n) is 9.93. The van der Waals surface area contributed by atoms with Crippen LogP contribution in [0.4, 0.5) is 0 Å². The third-order valence-corrected chi connectivity index (χ3v) is 4.65. The van der Waals surface area contributed by atoms with Gasteiger partial charge in [0.2, 0.25) is 0 Å². The summed E-state index contributed by atoms with van der Waals surface area (Å²) in [5.74, 6) is -0.756. The molecule has 0 unspecified atom stereocenters. The molecule has 1 aliphatic rings. The number of carbonyl (C=O) groups is 1. The van der Waals surface area contributed by atoms with E-state index in [9.17, 15) is 4.79 Å². The lowest BCUT2D eigenvalue weighted by Gasteiger charge is -2.43. The lowest BCUT2D eigenvalue weighted by Crippen LogP contribution is -2.46. The summed E-state index contributed by atoms with van der Waals surface area (Å²) in [7, 11) is 0. The van der Waals surface area contributed by atoms with Crippen molar-refractivity contribution in [2.45, 2.75) is 53.1 Å². The highest BCUT2D eigenvalue weighted by atomic mass is 16.4. The van der Waals surface area contributed by atoms with Gasteiger partial charge in [0.25, 0.3) is 0 Å². The Kier molecular flexibility index (Phi) is 2.24. The van der Waals surface area contributed by atoms with Crippen molar-refractivity contribution in [3.8, 4) is 0 Å². The van der Waals surface area contributed by atoms with Crippen molar-refractivity contribution >= 4 is 5.97 Å². The molecule has 3 nitrogen and oxygen atoms in total. The highest BCUT2D eigenvalue weighted by molar-refractivity contribution is 5.75. The van der Waals surface area contributed by atoms with Crippen LogP contribution >= 0.6 is 0 Å². The Hall–Kier alpha value is -0.570. The number of rotatable bonds is 1. The molecular weight excluding hydrogens is 178 g/mol. The quantitative estimate of drug-likeness (QED) is 0.678. The largest absolute Gasteiger partial charge is 0.480 e. The van der Waals surface area contributed by atoms with Gasteiger partial charge in [-0.3, -0.25) is 10.1 Å². The van der Waals surface area contributed by atoms with Gasteiger partial charge in [-0.25, -0.2) is 0 Å². The van der Waals surface area contributed by atoms with Crippen molar-refractivity contribution in [2.24, 2.45) is 10.8 Å². The van der Waals surface area contributed by atoms with Gasteiger partial charge in [0.05, 0.1) is 0 Å². The van der Waals surface area contributed by atoms with Crippen molar-refractivity contribution < 1.29 is 9.90 Å². The van der Waals surface area contributed by atoms with Crippen LogP contribution in [0, 0.1) is 10.8 Å². The van der Waals surface area contributed by atoms with Gasteiger partial charge < -0.3 is 5.11 Å². The molecule has 1 fully saturated rings. The highest BCUT2D eigenvalue weighted by Crippen LogP contribution is 2.53. The zero-order valence-corrected chi connectivity index (χ0v) is 9.93. The Balaban J connectivity index is 3.18. The summed E-state index contributed by atoms with van der Waals surface area (Å²) in [4.78, 5) is 11.1. The van der Waals surface area contributed by atoms with Crippen LogP contribution in [0.5, 0.6) is 0 Å². The number of aliphatic carboxylic acids is 1. The van der Waals surface area contributed by atoms with E-state index in [2.05, 4.69) is 33.0 Å². The monoisotopic (exact) mass is 199 g/mol. The van der Waals surface area contributed by atoms with Gasteiger partial charge in [-0.2, -0.15) is 0 Å². The summed E-state index contributed by atoms with van der Waals surface area (Å²) < 4.78 is 0. The standard InChI is InChI=1S/C11H21NO2/c1-9(2)7(8(13)14)12-11(5,6)10(9,3)4/h7,12H,1-6H3,(H,13,14)/t7-/m1/s1. The first-order valence-corrected chi connectivity index (χ1v) is 5.04. The van der Waals surface area contributed by atoms with Gasteiger partial charge in [-0.1, -0.05) is 27.7 Å². The normalized spacial score (nSPS) is 32.9. The summed E-state index contributed by atoms with van der Waals surface area (Å²) in [5.41, 5.74) is -0.453. The third-order valence-electron chi connectivity index (χ3n) is 4.65. The van der Waals surface area contributed by atoms with E-state index in [0.717, 1.165) is 0 Å². The summed E-state index contributed by atoms with van der Waals surface area (Å²) >= 11 is 0. The molecule has 0 amide bonds. The molecule has 0 bridgehead atoms. The number of carboxylic acid groups (broad SMARTS) is 1. The summed E-state index contributed by atoms with van der Waals surface area (Å²) in [6.07, 6.45) is 0. The molecule has 0 aromatic carbocycles. The van der Waals surface area contributed by atoms with E-state index < -0.39 is 12.0 Å². The first-order valence-electron chi connectivity index (χ1n) is 5.04. The Morgan fingerprint density at radius 1 is 1.14 bits per heavy atom. The van der Waals surface area contributed by atoms with Crippen molar-refractivity contribution in [1.29, 1.82) is 0 Å². The Labute approximate surface area is 85.9 Å². The second kappa shape index (κ2) is 2.72. The molecule has 0 saturated carbocycles. The SMILES string of the molecule is CC1(C)N[C@H](C(=O)O)C(C)(C)C1(C)C. The molecule has 82 valence electrons. The smallest absolute Gasteiger partial charge is 0.321 e. The highest BCUT2D eigenvalue weighted by Gasteiger charge is 2.60. The average Bonchev–Trinajstić information content (AvgIpc) is 2.08. The predicted molar refractivity (Wildman–Crippen MR) is 56.2 cm³/mol. The summed E-state index contributed by atoms with van der Waals surface area (Å²) in [5, 5.41) is 12.4. The maximum atomic E-state index is 11.1. The van der Waals surface area contributed by atoms with Crippen LogP contribution in [-0.4, -0.2) is 22.7 Å². The van der Waals surface area contributed by atoms with Crippen molar-refractivity contribution in [3.63, 3.8) is 0 Å². The van der Waals surface area contributed by atoms with Gasteiger partial charge in [-0.05, 0) is 24.7 Å². The van der Waals surface area contributed by atoms with E-state index in [-0.39, 0.29) is 16.4 Å². The fraction of sp³-hybridized carbons (Fsp3) is 0.909. The van der Waals surface area contributed by atoms with E-state index in [1.165, 1.54) is 0 Å².